The van der Waals surface area contributed by atoms with Crippen molar-refractivity contribution in [3.63, 3.8) is 0 Å². The maximum absolute atomic E-state index is 13.1. The Labute approximate surface area is 220 Å². The highest BCUT2D eigenvalue weighted by atomic mass is 32.2. The van der Waals surface area contributed by atoms with Gasteiger partial charge in [0.15, 0.2) is 11.2 Å². The van der Waals surface area contributed by atoms with E-state index in [1.54, 1.807) is 28.3 Å². The number of hydrogen-bond acceptors (Lipinski definition) is 10. The molecule has 3 saturated heterocycles. The number of aromatic nitrogens is 4. The molecule has 0 unspecified atom stereocenters. The van der Waals surface area contributed by atoms with Crippen LogP contribution < -0.4 is 9.08 Å². The molecule has 5 heterocycles. The number of aryl methyl sites for hydroxylation is 1. The number of carbonyl (C=O) groups is 1. The lowest BCUT2D eigenvalue weighted by Crippen LogP contribution is -2.57. The second-order valence-corrected chi connectivity index (χ2v) is 11.1. The highest BCUT2D eigenvalue weighted by molar-refractivity contribution is 7.87. The summed E-state index contributed by atoms with van der Waals surface area (Å²) in [6.45, 7) is 7.29. The third kappa shape index (κ3) is 4.74. The van der Waals surface area contributed by atoms with Crippen LogP contribution in [-0.4, -0.2) is 109 Å². The van der Waals surface area contributed by atoms with Gasteiger partial charge in [-0.05, 0) is 19.1 Å². The van der Waals surface area contributed by atoms with Crippen molar-refractivity contribution in [2.45, 2.75) is 17.9 Å². The molecule has 3 aliphatic rings. The number of morpholine rings is 2. The number of nitrogens with zero attached hydrogens (tertiary/aromatic N) is 7. The summed E-state index contributed by atoms with van der Waals surface area (Å²) in [5.74, 6) is 0.216. The lowest BCUT2D eigenvalue weighted by Gasteiger charge is -2.43. The van der Waals surface area contributed by atoms with Crippen LogP contribution in [0.5, 0.6) is 5.88 Å². The standard InChI is InChI=1S/C24H29N7O6S/c1-17-2-4-19(5-3-17)38(33,34)37-22-20-21(26-23(27-22)28-6-10-35-11-7-28)31(16-25-20)18-14-30(15-18)24(32)29-8-12-36-13-9-29/h2-5,16,18H,6-15H2,1H3. The maximum Gasteiger partial charge on any atom is 0.340 e. The van der Waals surface area contributed by atoms with E-state index in [1.807, 2.05) is 16.4 Å². The van der Waals surface area contributed by atoms with Gasteiger partial charge >= 0.3 is 16.1 Å². The number of likely N-dealkylation sites (tertiary alicyclic amines) is 1. The summed E-state index contributed by atoms with van der Waals surface area (Å²) in [5.41, 5.74) is 1.64. The van der Waals surface area contributed by atoms with E-state index in [2.05, 4.69) is 9.97 Å². The molecule has 0 saturated carbocycles. The van der Waals surface area contributed by atoms with E-state index in [-0.39, 0.29) is 28.4 Å². The van der Waals surface area contributed by atoms with Gasteiger partial charge < -0.3 is 32.9 Å². The minimum atomic E-state index is -4.16. The van der Waals surface area contributed by atoms with Crippen molar-refractivity contribution in [1.82, 2.24) is 29.3 Å². The molecule has 0 N–H and O–H groups in total. The lowest BCUT2D eigenvalue weighted by molar-refractivity contribution is 0.0304. The van der Waals surface area contributed by atoms with E-state index < -0.39 is 10.1 Å². The van der Waals surface area contributed by atoms with E-state index in [1.165, 1.54) is 12.1 Å². The van der Waals surface area contributed by atoms with Gasteiger partial charge in [-0.3, -0.25) is 0 Å². The number of amides is 2. The van der Waals surface area contributed by atoms with E-state index in [4.69, 9.17) is 18.6 Å². The van der Waals surface area contributed by atoms with Crippen LogP contribution >= 0.6 is 0 Å². The highest BCUT2D eigenvalue weighted by Gasteiger charge is 2.36. The molecule has 3 fully saturated rings. The first-order valence-corrected chi connectivity index (χ1v) is 14.0. The number of urea groups is 1. The monoisotopic (exact) mass is 543 g/mol. The molecule has 14 heteroatoms. The molecular formula is C24H29N7O6S. The number of anilines is 1. The fraction of sp³-hybridized carbons (Fsp3) is 0.500. The maximum atomic E-state index is 13.1. The summed E-state index contributed by atoms with van der Waals surface area (Å²) in [4.78, 5) is 32.0. The molecule has 1 aromatic carbocycles. The van der Waals surface area contributed by atoms with Crippen molar-refractivity contribution in [1.29, 1.82) is 0 Å². The van der Waals surface area contributed by atoms with Crippen molar-refractivity contribution in [3.05, 3.63) is 36.2 Å². The summed E-state index contributed by atoms with van der Waals surface area (Å²) in [7, 11) is -4.16. The summed E-state index contributed by atoms with van der Waals surface area (Å²) in [6.07, 6.45) is 1.61. The zero-order valence-corrected chi connectivity index (χ0v) is 21.8. The van der Waals surface area contributed by atoms with Crippen molar-refractivity contribution >= 4 is 33.3 Å². The number of ether oxygens (including phenoxy) is 2. The molecule has 13 nitrogen and oxygen atoms in total. The predicted octanol–water partition coefficient (Wildman–Crippen LogP) is 1.05. The predicted molar refractivity (Wildman–Crippen MR) is 136 cm³/mol. The minimum Gasteiger partial charge on any atom is -0.378 e. The van der Waals surface area contributed by atoms with Crippen molar-refractivity contribution in [3.8, 4) is 5.88 Å². The van der Waals surface area contributed by atoms with Crippen LogP contribution in [0.25, 0.3) is 11.2 Å². The van der Waals surface area contributed by atoms with Crippen LogP contribution in [0.4, 0.5) is 10.7 Å². The molecular weight excluding hydrogens is 514 g/mol. The Morgan fingerprint density at radius 3 is 2.29 bits per heavy atom. The van der Waals surface area contributed by atoms with Crippen LogP contribution in [-0.2, 0) is 19.6 Å². The fourth-order valence-corrected chi connectivity index (χ4v) is 5.60. The number of rotatable bonds is 5. The highest BCUT2D eigenvalue weighted by Crippen LogP contribution is 2.32. The minimum absolute atomic E-state index is 0.00850. The van der Waals surface area contributed by atoms with E-state index in [9.17, 15) is 13.2 Å². The van der Waals surface area contributed by atoms with Crippen molar-refractivity contribution < 1.29 is 26.9 Å². The van der Waals surface area contributed by atoms with Gasteiger partial charge in [-0.25, -0.2) is 9.78 Å². The zero-order valence-electron chi connectivity index (χ0n) is 21.0. The SMILES string of the molecule is Cc1ccc(S(=O)(=O)Oc2nc(N3CCOCC3)nc3c2ncn3C2CN(C(=O)N3CCOCC3)C2)cc1. The quantitative estimate of drug-likeness (QED) is 0.430. The van der Waals surface area contributed by atoms with Gasteiger partial charge in [0, 0.05) is 39.3 Å². The van der Waals surface area contributed by atoms with E-state index in [0.29, 0.717) is 77.3 Å². The molecule has 0 radical (unpaired) electrons. The smallest absolute Gasteiger partial charge is 0.340 e. The van der Waals surface area contributed by atoms with Gasteiger partial charge in [0.25, 0.3) is 5.88 Å². The van der Waals surface area contributed by atoms with Crippen LogP contribution in [0.3, 0.4) is 0 Å². The first-order valence-electron chi connectivity index (χ1n) is 12.6. The molecule has 2 amide bonds. The lowest BCUT2D eigenvalue weighted by atomic mass is 10.1. The van der Waals surface area contributed by atoms with Crippen LogP contribution in [0.15, 0.2) is 35.5 Å². The summed E-state index contributed by atoms with van der Waals surface area (Å²) >= 11 is 0. The Bertz CT molecular complexity index is 1430. The second kappa shape index (κ2) is 10.0. The first kappa shape index (κ1) is 24.8. The van der Waals surface area contributed by atoms with Crippen LogP contribution in [0, 0.1) is 6.92 Å². The Morgan fingerprint density at radius 1 is 0.947 bits per heavy atom. The van der Waals surface area contributed by atoms with Crippen molar-refractivity contribution in [2.24, 2.45) is 0 Å². The fourth-order valence-electron chi connectivity index (χ4n) is 4.71. The molecule has 38 heavy (non-hydrogen) atoms. The number of carbonyl (C=O) groups excluding carboxylic acids is 1. The van der Waals surface area contributed by atoms with Gasteiger partial charge in [-0.15, -0.1) is 0 Å². The topological polar surface area (TPSA) is 132 Å². The Hall–Kier alpha value is -3.49. The number of fused-ring (bicyclic) bond motifs is 1. The Balaban J connectivity index is 1.30. The van der Waals surface area contributed by atoms with E-state index in [0.717, 1.165) is 5.56 Å². The largest absolute Gasteiger partial charge is 0.378 e. The molecule has 0 atom stereocenters. The molecule has 0 bridgehead atoms. The molecule has 3 aromatic rings. The normalized spacial score (nSPS) is 19.0. The molecule has 2 aromatic heterocycles. The van der Waals surface area contributed by atoms with Gasteiger partial charge in [0.1, 0.15) is 4.90 Å². The molecule has 6 rings (SSSR count). The van der Waals surface area contributed by atoms with E-state index >= 15 is 0 Å². The first-order chi connectivity index (χ1) is 18.4. The average molecular weight is 544 g/mol. The van der Waals surface area contributed by atoms with Gasteiger partial charge in [0.2, 0.25) is 5.95 Å². The summed E-state index contributed by atoms with van der Waals surface area (Å²) < 4.78 is 44.5. The summed E-state index contributed by atoms with van der Waals surface area (Å²) in [5, 5.41) is 0. The Morgan fingerprint density at radius 2 is 1.61 bits per heavy atom. The van der Waals surface area contributed by atoms with Crippen LogP contribution in [0.2, 0.25) is 0 Å². The molecule has 0 spiro atoms. The third-order valence-electron chi connectivity index (χ3n) is 6.98. The van der Waals surface area contributed by atoms with Crippen LogP contribution in [0.1, 0.15) is 11.6 Å². The van der Waals surface area contributed by atoms with Gasteiger partial charge in [0.05, 0.1) is 38.8 Å². The number of imidazole rings is 1. The Kier molecular flexibility index (Phi) is 6.53. The number of hydrogen-bond donors (Lipinski definition) is 0. The number of benzene rings is 1. The second-order valence-electron chi connectivity index (χ2n) is 9.54. The third-order valence-corrected chi connectivity index (χ3v) is 8.20. The van der Waals surface area contributed by atoms with Gasteiger partial charge in [-0.1, -0.05) is 17.7 Å². The average Bonchev–Trinajstić information content (AvgIpc) is 3.33. The molecule has 0 aliphatic carbocycles. The molecule has 3 aliphatic heterocycles. The van der Waals surface area contributed by atoms with Crippen molar-refractivity contribution in [2.75, 3.05) is 70.6 Å². The van der Waals surface area contributed by atoms with Gasteiger partial charge in [-0.2, -0.15) is 18.4 Å². The summed E-state index contributed by atoms with van der Waals surface area (Å²) in [6, 6.07) is 6.35. The zero-order chi connectivity index (χ0) is 26.3. The molecule has 202 valence electrons.